The van der Waals surface area contributed by atoms with Crippen molar-refractivity contribution in [1.29, 1.82) is 0 Å². The summed E-state index contributed by atoms with van der Waals surface area (Å²) in [6.45, 7) is 6.19. The van der Waals surface area contributed by atoms with Crippen molar-refractivity contribution in [2.75, 3.05) is 20.3 Å². The molecule has 0 unspecified atom stereocenters. The molecule has 0 aliphatic heterocycles. The third kappa shape index (κ3) is 3.01. The number of aliphatic hydroxyl groups excluding tert-OH is 1. The number of rotatable bonds is 5. The number of hydrogen-bond donors (Lipinski definition) is 1. The first-order chi connectivity index (χ1) is 8.46. The molecule has 0 bridgehead atoms. The van der Waals surface area contributed by atoms with E-state index in [1.165, 1.54) is 7.11 Å². The van der Waals surface area contributed by atoms with Gasteiger partial charge in [-0.2, -0.15) is 0 Å². The van der Waals surface area contributed by atoms with Gasteiger partial charge in [-0.3, -0.25) is 0 Å². The Labute approximate surface area is 108 Å². The zero-order valence-corrected chi connectivity index (χ0v) is 11.3. The number of esters is 1. The summed E-state index contributed by atoms with van der Waals surface area (Å²) in [6.07, 6.45) is 0. The predicted molar refractivity (Wildman–Crippen MR) is 69.1 cm³/mol. The van der Waals surface area contributed by atoms with E-state index in [1.54, 1.807) is 12.1 Å². The molecule has 1 aromatic carbocycles. The predicted octanol–water partition coefficient (Wildman–Crippen LogP) is 2.14. The van der Waals surface area contributed by atoms with Gasteiger partial charge in [-0.05, 0) is 24.6 Å². The lowest BCUT2D eigenvalue weighted by Gasteiger charge is -2.23. The van der Waals surface area contributed by atoms with Gasteiger partial charge in [-0.1, -0.05) is 19.9 Å². The van der Waals surface area contributed by atoms with Crippen molar-refractivity contribution in [3.8, 4) is 5.75 Å². The van der Waals surface area contributed by atoms with E-state index in [0.29, 0.717) is 17.9 Å². The molecule has 0 spiro atoms. The topological polar surface area (TPSA) is 55.8 Å². The minimum absolute atomic E-state index is 0.0239. The average molecular weight is 252 g/mol. The largest absolute Gasteiger partial charge is 0.493 e. The van der Waals surface area contributed by atoms with Crippen LogP contribution in [0.3, 0.4) is 0 Å². The highest BCUT2D eigenvalue weighted by molar-refractivity contribution is 5.92. The molecule has 100 valence electrons. The first-order valence-electron chi connectivity index (χ1n) is 5.92. The van der Waals surface area contributed by atoms with Gasteiger partial charge < -0.3 is 14.6 Å². The SMILES string of the molecule is CCOc1cc(C(C)(C)CO)ccc1C(=O)OC. The van der Waals surface area contributed by atoms with Crippen LogP contribution in [0.1, 0.15) is 36.7 Å². The molecular formula is C14H20O4. The fraction of sp³-hybridized carbons (Fsp3) is 0.500. The summed E-state index contributed by atoms with van der Waals surface area (Å²) in [5.41, 5.74) is 0.943. The Bertz CT molecular complexity index is 424. The quantitative estimate of drug-likeness (QED) is 0.816. The molecule has 0 saturated heterocycles. The maximum absolute atomic E-state index is 11.6. The zero-order chi connectivity index (χ0) is 13.8. The molecule has 4 nitrogen and oxygen atoms in total. The molecule has 18 heavy (non-hydrogen) atoms. The third-order valence-electron chi connectivity index (χ3n) is 2.86. The fourth-order valence-electron chi connectivity index (χ4n) is 1.59. The third-order valence-corrected chi connectivity index (χ3v) is 2.86. The molecule has 0 aliphatic carbocycles. The highest BCUT2D eigenvalue weighted by Crippen LogP contribution is 2.29. The van der Waals surface area contributed by atoms with E-state index in [0.717, 1.165) is 5.56 Å². The molecule has 0 atom stereocenters. The number of methoxy groups -OCH3 is 1. The normalized spacial score (nSPS) is 11.2. The standard InChI is InChI=1S/C14H20O4/c1-5-18-12-8-10(14(2,3)9-15)6-7-11(12)13(16)17-4/h6-8,15H,5,9H2,1-4H3. The van der Waals surface area contributed by atoms with Gasteiger partial charge in [-0.15, -0.1) is 0 Å². The lowest BCUT2D eigenvalue weighted by molar-refractivity contribution is 0.0596. The van der Waals surface area contributed by atoms with Crippen molar-refractivity contribution in [3.05, 3.63) is 29.3 Å². The summed E-state index contributed by atoms with van der Waals surface area (Å²) in [7, 11) is 1.34. The zero-order valence-electron chi connectivity index (χ0n) is 11.3. The molecule has 0 heterocycles. The van der Waals surface area contributed by atoms with E-state index < -0.39 is 5.97 Å². The van der Waals surface area contributed by atoms with Gasteiger partial charge in [0.1, 0.15) is 11.3 Å². The Morgan fingerprint density at radius 2 is 2.06 bits per heavy atom. The van der Waals surface area contributed by atoms with E-state index in [4.69, 9.17) is 9.47 Å². The Morgan fingerprint density at radius 1 is 1.39 bits per heavy atom. The highest BCUT2D eigenvalue weighted by atomic mass is 16.5. The second-order valence-corrected chi connectivity index (χ2v) is 4.68. The molecule has 0 saturated carbocycles. The lowest BCUT2D eigenvalue weighted by atomic mass is 9.85. The minimum atomic E-state index is -0.424. The van der Waals surface area contributed by atoms with Crippen LogP contribution in [0.15, 0.2) is 18.2 Å². The summed E-state index contributed by atoms with van der Waals surface area (Å²) < 4.78 is 10.2. The van der Waals surface area contributed by atoms with Crippen LogP contribution in [-0.4, -0.2) is 31.4 Å². The maximum Gasteiger partial charge on any atom is 0.341 e. The number of ether oxygens (including phenoxy) is 2. The second kappa shape index (κ2) is 5.87. The van der Waals surface area contributed by atoms with Gasteiger partial charge in [0.2, 0.25) is 0 Å². The second-order valence-electron chi connectivity index (χ2n) is 4.68. The van der Waals surface area contributed by atoms with E-state index >= 15 is 0 Å². The first kappa shape index (κ1) is 14.5. The van der Waals surface area contributed by atoms with E-state index in [1.807, 2.05) is 26.8 Å². The van der Waals surface area contributed by atoms with Gasteiger partial charge in [-0.25, -0.2) is 4.79 Å². The van der Waals surface area contributed by atoms with Crippen molar-refractivity contribution in [2.24, 2.45) is 0 Å². The van der Waals surface area contributed by atoms with Crippen LogP contribution in [0.2, 0.25) is 0 Å². The molecule has 0 fully saturated rings. The summed E-state index contributed by atoms with van der Waals surface area (Å²) in [5, 5.41) is 9.36. The number of benzene rings is 1. The van der Waals surface area contributed by atoms with E-state index in [-0.39, 0.29) is 12.0 Å². The fourth-order valence-corrected chi connectivity index (χ4v) is 1.59. The summed E-state index contributed by atoms with van der Waals surface area (Å²) in [4.78, 5) is 11.6. The molecule has 4 heteroatoms. The van der Waals surface area contributed by atoms with E-state index in [2.05, 4.69) is 0 Å². The van der Waals surface area contributed by atoms with E-state index in [9.17, 15) is 9.90 Å². The van der Waals surface area contributed by atoms with Gasteiger partial charge in [0.25, 0.3) is 0 Å². The van der Waals surface area contributed by atoms with Crippen molar-refractivity contribution in [1.82, 2.24) is 0 Å². The number of carbonyl (C=O) groups is 1. The average Bonchev–Trinajstić information content (AvgIpc) is 2.38. The Morgan fingerprint density at radius 3 is 2.56 bits per heavy atom. The van der Waals surface area contributed by atoms with Crippen LogP contribution >= 0.6 is 0 Å². The maximum atomic E-state index is 11.6. The molecule has 0 aliphatic rings. The van der Waals surface area contributed by atoms with Gasteiger partial charge >= 0.3 is 5.97 Å². The van der Waals surface area contributed by atoms with Crippen LogP contribution in [0.5, 0.6) is 5.75 Å². The molecule has 0 radical (unpaired) electrons. The van der Waals surface area contributed by atoms with Crippen molar-refractivity contribution in [2.45, 2.75) is 26.2 Å². The van der Waals surface area contributed by atoms with Crippen molar-refractivity contribution < 1.29 is 19.4 Å². The summed E-state index contributed by atoms with van der Waals surface area (Å²) in [6, 6.07) is 5.26. The van der Waals surface area contributed by atoms with Gasteiger partial charge in [0, 0.05) is 5.41 Å². The van der Waals surface area contributed by atoms with Crippen LogP contribution in [0.25, 0.3) is 0 Å². The highest BCUT2D eigenvalue weighted by Gasteiger charge is 2.22. The van der Waals surface area contributed by atoms with Crippen molar-refractivity contribution >= 4 is 5.97 Å². The number of carbonyl (C=O) groups excluding carboxylic acids is 1. The Balaban J connectivity index is 3.22. The number of hydrogen-bond acceptors (Lipinski definition) is 4. The van der Waals surface area contributed by atoms with Crippen LogP contribution < -0.4 is 4.74 Å². The Kier molecular flexibility index (Phi) is 4.73. The monoisotopic (exact) mass is 252 g/mol. The molecule has 0 amide bonds. The lowest BCUT2D eigenvalue weighted by Crippen LogP contribution is -2.22. The first-order valence-corrected chi connectivity index (χ1v) is 5.92. The van der Waals surface area contributed by atoms with Crippen molar-refractivity contribution in [3.63, 3.8) is 0 Å². The minimum Gasteiger partial charge on any atom is -0.493 e. The summed E-state index contributed by atoms with van der Waals surface area (Å²) >= 11 is 0. The Hall–Kier alpha value is -1.55. The summed E-state index contributed by atoms with van der Waals surface area (Å²) in [5.74, 6) is 0.0650. The van der Waals surface area contributed by atoms with Crippen LogP contribution in [-0.2, 0) is 10.2 Å². The molecule has 1 rings (SSSR count). The molecule has 1 aromatic rings. The molecule has 0 aromatic heterocycles. The van der Waals surface area contributed by atoms with Gasteiger partial charge in [0.15, 0.2) is 0 Å². The number of aliphatic hydroxyl groups is 1. The van der Waals surface area contributed by atoms with Crippen LogP contribution in [0.4, 0.5) is 0 Å². The molecule has 1 N–H and O–H groups in total. The van der Waals surface area contributed by atoms with Gasteiger partial charge in [0.05, 0.1) is 20.3 Å². The van der Waals surface area contributed by atoms with Crippen LogP contribution in [0, 0.1) is 0 Å². The smallest absolute Gasteiger partial charge is 0.341 e. The molecular weight excluding hydrogens is 232 g/mol.